The van der Waals surface area contributed by atoms with Gasteiger partial charge >= 0.3 is 0 Å². The largest absolute Gasteiger partial charge is 0.379 e. The Hall–Kier alpha value is -0.690. The highest BCUT2D eigenvalue weighted by atomic mass is 32.2. The van der Waals surface area contributed by atoms with Gasteiger partial charge in [-0.25, -0.2) is 0 Å². The molecule has 98 valence electrons. The fraction of sp³-hybridized carbons (Fsp3) is 0.846. The van der Waals surface area contributed by atoms with E-state index in [0.717, 1.165) is 12.8 Å². The van der Waals surface area contributed by atoms with E-state index in [1.807, 2.05) is 0 Å². The Morgan fingerprint density at radius 1 is 1.18 bits per heavy atom. The molecule has 0 aliphatic rings. The van der Waals surface area contributed by atoms with Crippen LogP contribution < -0.4 is 5.73 Å². The molecule has 0 amide bonds. The van der Waals surface area contributed by atoms with Crippen molar-refractivity contribution in [2.45, 2.75) is 70.0 Å². The number of hydrogen-bond acceptors (Lipinski definition) is 3. The van der Waals surface area contributed by atoms with E-state index in [4.69, 9.17) is 16.4 Å². The van der Waals surface area contributed by atoms with Crippen molar-refractivity contribution in [3.05, 3.63) is 0 Å². The van der Waals surface area contributed by atoms with Gasteiger partial charge in [-0.2, -0.15) is 5.26 Å². The number of hydrogen-bond donors (Lipinski definition) is 2. The van der Waals surface area contributed by atoms with Gasteiger partial charge in [-0.3, -0.25) is 5.41 Å². The maximum absolute atomic E-state index is 8.85. The maximum Gasteiger partial charge on any atom is 0.152 e. The summed E-state index contributed by atoms with van der Waals surface area (Å²) in [5.74, 6) is 0. The van der Waals surface area contributed by atoms with E-state index in [9.17, 15) is 0 Å². The fourth-order valence-corrected chi connectivity index (χ4v) is 2.41. The van der Waals surface area contributed by atoms with Crippen LogP contribution in [0.5, 0.6) is 0 Å². The summed E-state index contributed by atoms with van der Waals surface area (Å²) in [4.78, 5) is 0. The molecule has 0 aromatic heterocycles. The lowest BCUT2D eigenvalue weighted by Crippen LogP contribution is -2.11. The van der Waals surface area contributed by atoms with E-state index in [1.54, 1.807) is 0 Å². The molecule has 0 spiro atoms. The van der Waals surface area contributed by atoms with Crippen LogP contribution in [0.2, 0.25) is 0 Å². The van der Waals surface area contributed by atoms with Crippen LogP contribution in [0.15, 0.2) is 0 Å². The minimum Gasteiger partial charge on any atom is -0.379 e. The molecule has 0 radical (unpaired) electrons. The van der Waals surface area contributed by atoms with Gasteiger partial charge in [-0.1, -0.05) is 70.1 Å². The van der Waals surface area contributed by atoms with Gasteiger partial charge < -0.3 is 5.73 Å². The molecule has 0 aromatic carbocycles. The molecule has 0 fully saturated rings. The second-order valence-electron chi connectivity index (χ2n) is 4.36. The van der Waals surface area contributed by atoms with E-state index in [2.05, 4.69) is 13.0 Å². The molecule has 3 nitrogen and oxygen atoms in total. The van der Waals surface area contributed by atoms with Crippen LogP contribution in [0.25, 0.3) is 0 Å². The van der Waals surface area contributed by atoms with Gasteiger partial charge in [0.2, 0.25) is 0 Å². The molecular weight excluding hydrogens is 230 g/mol. The number of unbranched alkanes of at least 4 members (excludes halogenated alkanes) is 7. The van der Waals surface area contributed by atoms with Gasteiger partial charge in [0.1, 0.15) is 0 Å². The van der Waals surface area contributed by atoms with Gasteiger partial charge in [0, 0.05) is 0 Å². The fourth-order valence-electron chi connectivity index (χ4n) is 1.77. The lowest BCUT2D eigenvalue weighted by atomic mass is 10.1. The summed E-state index contributed by atoms with van der Waals surface area (Å²) in [6, 6.07) is 2.19. The minimum atomic E-state index is -0.132. The molecule has 1 atom stereocenters. The molecule has 0 saturated carbocycles. The van der Waals surface area contributed by atoms with Crippen molar-refractivity contribution >= 4 is 16.9 Å². The molecular formula is C13H25N3S. The number of amidine groups is 1. The number of nitrogens with zero attached hydrogens (tertiary/aromatic N) is 1. The van der Waals surface area contributed by atoms with Crippen LogP contribution >= 0.6 is 11.8 Å². The van der Waals surface area contributed by atoms with Crippen LogP contribution in [0, 0.1) is 16.7 Å². The van der Waals surface area contributed by atoms with E-state index in [0.29, 0.717) is 0 Å². The first-order valence-electron chi connectivity index (χ1n) is 6.61. The maximum atomic E-state index is 8.85. The molecule has 0 aromatic rings. The second kappa shape index (κ2) is 11.8. The third-order valence-corrected chi connectivity index (χ3v) is 3.61. The molecule has 0 heterocycles. The zero-order valence-corrected chi connectivity index (χ0v) is 11.7. The van der Waals surface area contributed by atoms with Crippen molar-refractivity contribution < 1.29 is 0 Å². The summed E-state index contributed by atoms with van der Waals surface area (Å²) < 4.78 is 0. The standard InChI is InChI=1S/C13H25N3S/c1-2-3-4-5-6-7-8-9-10-12(11-14)17-13(15)16/h12H,2-10H2,1H3,(H3,15,16). The van der Waals surface area contributed by atoms with Crippen molar-refractivity contribution in [1.82, 2.24) is 0 Å². The van der Waals surface area contributed by atoms with Crippen LogP contribution in [-0.2, 0) is 0 Å². The zero-order chi connectivity index (χ0) is 12.9. The third kappa shape index (κ3) is 11.6. The number of nitriles is 1. The summed E-state index contributed by atoms with van der Waals surface area (Å²) in [6.45, 7) is 2.23. The van der Waals surface area contributed by atoms with Gasteiger partial charge in [-0.15, -0.1) is 0 Å². The van der Waals surface area contributed by atoms with Gasteiger partial charge in [0.25, 0.3) is 0 Å². The first-order valence-corrected chi connectivity index (χ1v) is 7.49. The second-order valence-corrected chi connectivity index (χ2v) is 5.61. The normalized spacial score (nSPS) is 12.0. The van der Waals surface area contributed by atoms with Crippen molar-refractivity contribution in [3.8, 4) is 6.07 Å². The summed E-state index contributed by atoms with van der Waals surface area (Å²) in [5, 5.41) is 15.9. The number of thioether (sulfide) groups is 1. The van der Waals surface area contributed by atoms with E-state index in [-0.39, 0.29) is 10.4 Å². The Morgan fingerprint density at radius 2 is 1.71 bits per heavy atom. The highest BCUT2D eigenvalue weighted by Gasteiger charge is 2.08. The Kier molecular flexibility index (Phi) is 11.3. The van der Waals surface area contributed by atoms with Crippen LogP contribution in [0.4, 0.5) is 0 Å². The summed E-state index contributed by atoms with van der Waals surface area (Å²) in [7, 11) is 0. The average Bonchev–Trinajstić information content (AvgIpc) is 2.30. The van der Waals surface area contributed by atoms with Gasteiger partial charge in [-0.05, 0) is 6.42 Å². The van der Waals surface area contributed by atoms with Gasteiger partial charge in [0.05, 0.1) is 11.3 Å². The molecule has 0 saturated heterocycles. The van der Waals surface area contributed by atoms with Crippen LogP contribution in [0.3, 0.4) is 0 Å². The highest BCUT2D eigenvalue weighted by Crippen LogP contribution is 2.17. The number of nitrogens with one attached hydrogen (secondary N) is 1. The van der Waals surface area contributed by atoms with Crippen LogP contribution in [0.1, 0.15) is 64.7 Å². The van der Waals surface area contributed by atoms with Gasteiger partial charge in [0.15, 0.2) is 5.17 Å². The van der Waals surface area contributed by atoms with Crippen molar-refractivity contribution in [2.75, 3.05) is 0 Å². The zero-order valence-electron chi connectivity index (χ0n) is 10.9. The Morgan fingerprint density at radius 3 is 2.18 bits per heavy atom. The summed E-state index contributed by atoms with van der Waals surface area (Å²) in [5.41, 5.74) is 5.26. The van der Waals surface area contributed by atoms with E-state index < -0.39 is 0 Å². The van der Waals surface area contributed by atoms with E-state index >= 15 is 0 Å². The predicted octanol–water partition coefficient (Wildman–Crippen LogP) is 4.04. The molecule has 0 aliphatic heterocycles. The molecule has 17 heavy (non-hydrogen) atoms. The average molecular weight is 255 g/mol. The monoisotopic (exact) mass is 255 g/mol. The smallest absolute Gasteiger partial charge is 0.152 e. The molecule has 0 bridgehead atoms. The van der Waals surface area contributed by atoms with Crippen molar-refractivity contribution in [1.29, 1.82) is 10.7 Å². The summed E-state index contributed by atoms with van der Waals surface area (Å²) >= 11 is 1.17. The molecule has 4 heteroatoms. The lowest BCUT2D eigenvalue weighted by molar-refractivity contribution is 0.569. The Labute approximate surface area is 110 Å². The van der Waals surface area contributed by atoms with Crippen LogP contribution in [-0.4, -0.2) is 10.4 Å². The molecule has 0 rings (SSSR count). The van der Waals surface area contributed by atoms with Crippen molar-refractivity contribution in [2.24, 2.45) is 5.73 Å². The highest BCUT2D eigenvalue weighted by molar-refractivity contribution is 8.14. The Bertz CT molecular complexity index is 235. The van der Waals surface area contributed by atoms with Crippen molar-refractivity contribution in [3.63, 3.8) is 0 Å². The first kappa shape index (κ1) is 16.3. The summed E-state index contributed by atoms with van der Waals surface area (Å²) in [6.07, 6.45) is 11.1. The third-order valence-electron chi connectivity index (χ3n) is 2.73. The SMILES string of the molecule is CCCCCCCCCCC(C#N)SC(=N)N. The minimum absolute atomic E-state index is 0.0520. The lowest BCUT2D eigenvalue weighted by Gasteiger charge is -2.06. The number of rotatable bonds is 10. The molecule has 3 N–H and O–H groups in total. The molecule has 0 aliphatic carbocycles. The predicted molar refractivity (Wildman–Crippen MR) is 76.1 cm³/mol. The topological polar surface area (TPSA) is 73.7 Å². The first-order chi connectivity index (χ1) is 8.20. The molecule has 1 unspecified atom stereocenters. The number of nitrogens with two attached hydrogens (primary N) is 1. The van der Waals surface area contributed by atoms with E-state index in [1.165, 1.54) is 56.7 Å². The Balaban J connectivity index is 3.32. The quantitative estimate of drug-likeness (QED) is 0.351.